The van der Waals surface area contributed by atoms with Gasteiger partial charge in [0.2, 0.25) is 0 Å². The van der Waals surface area contributed by atoms with E-state index in [0.29, 0.717) is 26.2 Å². The number of carbonyl (C=O) groups is 1. The first-order chi connectivity index (χ1) is 11.5. The van der Waals surface area contributed by atoms with Gasteiger partial charge in [0.25, 0.3) is 0 Å². The largest absolute Gasteiger partial charge is 0.465 e. The molecule has 1 saturated carbocycles. The molecule has 0 bridgehead atoms. The molecule has 1 heterocycles. The van der Waals surface area contributed by atoms with Crippen LogP contribution in [0.2, 0.25) is 18.1 Å². The van der Waals surface area contributed by atoms with Crippen LogP contribution in [0.4, 0.5) is 0 Å². The first-order valence-electron chi connectivity index (χ1n) is 9.22. The number of hydrogen-bond donors (Lipinski definition) is 0. The number of allylic oxidation sites excluding steroid dienone is 1. The minimum absolute atomic E-state index is 0.0255. The Hall–Kier alpha value is -0.693. The maximum Gasteiger partial charge on any atom is 0.302 e. The van der Waals surface area contributed by atoms with Crippen LogP contribution in [0.25, 0.3) is 0 Å². The summed E-state index contributed by atoms with van der Waals surface area (Å²) in [6.07, 6.45) is 3.42. The van der Waals surface area contributed by atoms with E-state index in [0.717, 1.165) is 6.42 Å². The lowest BCUT2D eigenvalue weighted by Gasteiger charge is -2.40. The molecule has 5 nitrogen and oxygen atoms in total. The molecule has 0 radical (unpaired) electrons. The lowest BCUT2D eigenvalue weighted by atomic mass is 9.90. The Bertz CT molecular complexity index is 491. The van der Waals surface area contributed by atoms with Gasteiger partial charge in [0.05, 0.1) is 31.8 Å². The van der Waals surface area contributed by atoms with Crippen LogP contribution in [-0.4, -0.2) is 46.0 Å². The van der Waals surface area contributed by atoms with Gasteiger partial charge < -0.3 is 18.6 Å². The molecule has 144 valence electrons. The lowest BCUT2D eigenvalue weighted by molar-refractivity contribution is -0.199. The summed E-state index contributed by atoms with van der Waals surface area (Å²) in [7, 11) is -1.94. The van der Waals surface area contributed by atoms with E-state index in [-0.39, 0.29) is 28.9 Å². The first-order valence-corrected chi connectivity index (χ1v) is 12.1. The van der Waals surface area contributed by atoms with Gasteiger partial charge in [-0.05, 0) is 30.5 Å². The third-order valence-corrected chi connectivity index (χ3v) is 10.5. The van der Waals surface area contributed by atoms with Crippen molar-refractivity contribution in [2.75, 3.05) is 19.8 Å². The molecule has 2 aliphatic rings. The van der Waals surface area contributed by atoms with Crippen molar-refractivity contribution in [1.29, 1.82) is 0 Å². The quantitative estimate of drug-likeness (QED) is 0.403. The summed E-state index contributed by atoms with van der Waals surface area (Å²) in [5, 5.41) is 0.129. The molecule has 0 unspecified atom stereocenters. The Morgan fingerprint density at radius 3 is 2.40 bits per heavy atom. The van der Waals surface area contributed by atoms with Gasteiger partial charge in [0, 0.05) is 13.3 Å². The minimum atomic E-state index is -1.94. The zero-order chi connectivity index (χ0) is 18.9. The third-order valence-electron chi connectivity index (χ3n) is 5.98. The molecule has 6 heteroatoms. The van der Waals surface area contributed by atoms with E-state index in [1.807, 2.05) is 6.08 Å². The van der Waals surface area contributed by atoms with Crippen molar-refractivity contribution in [2.24, 2.45) is 11.8 Å². The molecule has 1 spiro atoms. The van der Waals surface area contributed by atoms with Crippen molar-refractivity contribution in [3.63, 3.8) is 0 Å². The van der Waals surface area contributed by atoms with Crippen LogP contribution in [0.15, 0.2) is 12.7 Å². The van der Waals surface area contributed by atoms with E-state index in [9.17, 15) is 4.79 Å². The Morgan fingerprint density at radius 1 is 1.32 bits per heavy atom. The maximum absolute atomic E-state index is 11.4. The van der Waals surface area contributed by atoms with Crippen molar-refractivity contribution in [1.82, 2.24) is 0 Å². The van der Waals surface area contributed by atoms with Crippen LogP contribution in [0.5, 0.6) is 0 Å². The minimum Gasteiger partial charge on any atom is -0.465 e. The summed E-state index contributed by atoms with van der Waals surface area (Å²) in [5.41, 5.74) is 0. The zero-order valence-electron chi connectivity index (χ0n) is 16.6. The fraction of sp³-hybridized carbons (Fsp3) is 0.842. The third kappa shape index (κ3) is 4.35. The van der Waals surface area contributed by atoms with Crippen LogP contribution in [-0.2, 0) is 23.4 Å². The van der Waals surface area contributed by atoms with Crippen molar-refractivity contribution in [3.8, 4) is 0 Å². The Morgan fingerprint density at radius 2 is 1.92 bits per heavy atom. The first kappa shape index (κ1) is 20.6. The molecule has 2 rings (SSSR count). The van der Waals surface area contributed by atoms with Crippen molar-refractivity contribution in [2.45, 2.75) is 70.6 Å². The van der Waals surface area contributed by atoms with Crippen LogP contribution >= 0.6 is 0 Å². The second kappa shape index (κ2) is 7.51. The van der Waals surface area contributed by atoms with E-state index < -0.39 is 14.1 Å². The highest BCUT2D eigenvalue weighted by Gasteiger charge is 2.59. The average Bonchev–Trinajstić information content (AvgIpc) is 3.03. The number of rotatable bonds is 6. The molecule has 0 aromatic heterocycles. The number of ether oxygens (including phenoxy) is 3. The fourth-order valence-electron chi connectivity index (χ4n) is 3.62. The fourth-order valence-corrected chi connectivity index (χ4v) is 4.99. The monoisotopic (exact) mass is 370 g/mol. The predicted molar refractivity (Wildman–Crippen MR) is 99.7 cm³/mol. The van der Waals surface area contributed by atoms with E-state index in [1.54, 1.807) is 0 Å². The summed E-state index contributed by atoms with van der Waals surface area (Å²) in [6.45, 7) is 18.0. The average molecular weight is 371 g/mol. The standard InChI is InChI=1S/C19H34O5Si/c1-8-9-15-16(13-21-14(2)20)19(22-10-11-23-19)12-17(15)24-25(6,7)18(3,4)5/h8,15-17H,1,9-13H2,2-7H3/t15-,16-,17+/m1/s1. The van der Waals surface area contributed by atoms with E-state index in [1.165, 1.54) is 6.92 Å². The molecule has 2 fully saturated rings. The van der Waals surface area contributed by atoms with Gasteiger partial charge in [-0.2, -0.15) is 0 Å². The molecular weight excluding hydrogens is 336 g/mol. The lowest BCUT2D eigenvalue weighted by Crippen LogP contribution is -2.45. The molecule has 0 N–H and O–H groups in total. The van der Waals surface area contributed by atoms with Crippen molar-refractivity contribution < 1.29 is 23.4 Å². The number of hydrogen-bond acceptors (Lipinski definition) is 5. The maximum atomic E-state index is 11.4. The second-order valence-electron chi connectivity index (χ2n) is 8.73. The van der Waals surface area contributed by atoms with E-state index >= 15 is 0 Å². The van der Waals surface area contributed by atoms with Gasteiger partial charge in [0.15, 0.2) is 14.1 Å². The molecular formula is C19H34O5Si. The molecule has 0 amide bonds. The highest BCUT2D eigenvalue weighted by molar-refractivity contribution is 6.74. The summed E-state index contributed by atoms with van der Waals surface area (Å²) < 4.78 is 24.2. The molecule has 1 saturated heterocycles. The Balaban J connectivity index is 2.27. The molecule has 1 aliphatic carbocycles. The Labute approximate surface area is 153 Å². The van der Waals surface area contributed by atoms with Gasteiger partial charge in [0.1, 0.15) is 0 Å². The smallest absolute Gasteiger partial charge is 0.302 e. The molecule has 1 aliphatic heterocycles. The van der Waals surface area contributed by atoms with Gasteiger partial charge in [-0.3, -0.25) is 4.79 Å². The summed E-state index contributed by atoms with van der Waals surface area (Å²) in [5.74, 6) is -0.842. The van der Waals surface area contributed by atoms with Crippen LogP contribution in [0.3, 0.4) is 0 Å². The van der Waals surface area contributed by atoms with Gasteiger partial charge in [-0.15, -0.1) is 6.58 Å². The zero-order valence-corrected chi connectivity index (χ0v) is 17.6. The molecule has 0 aromatic carbocycles. The summed E-state index contributed by atoms with van der Waals surface area (Å²) in [4.78, 5) is 11.4. The van der Waals surface area contributed by atoms with Crippen molar-refractivity contribution in [3.05, 3.63) is 12.7 Å². The normalized spacial score (nSPS) is 29.1. The topological polar surface area (TPSA) is 54.0 Å². The summed E-state index contributed by atoms with van der Waals surface area (Å²) in [6, 6.07) is 0. The van der Waals surface area contributed by atoms with Crippen LogP contribution in [0.1, 0.15) is 40.5 Å². The van der Waals surface area contributed by atoms with Gasteiger partial charge >= 0.3 is 5.97 Å². The highest BCUT2D eigenvalue weighted by Crippen LogP contribution is 2.51. The second-order valence-corrected chi connectivity index (χ2v) is 13.5. The number of carbonyl (C=O) groups excluding carboxylic acids is 1. The van der Waals surface area contributed by atoms with Gasteiger partial charge in [-0.1, -0.05) is 26.8 Å². The van der Waals surface area contributed by atoms with E-state index in [4.69, 9.17) is 18.6 Å². The van der Waals surface area contributed by atoms with Crippen molar-refractivity contribution >= 4 is 14.3 Å². The molecule has 3 atom stereocenters. The summed E-state index contributed by atoms with van der Waals surface area (Å²) >= 11 is 0. The van der Waals surface area contributed by atoms with Crippen LogP contribution in [0, 0.1) is 11.8 Å². The predicted octanol–water partition coefficient (Wildman–Crippen LogP) is 3.90. The molecule has 25 heavy (non-hydrogen) atoms. The Kier molecular flexibility index (Phi) is 6.19. The van der Waals surface area contributed by atoms with E-state index in [2.05, 4.69) is 40.4 Å². The SMILES string of the molecule is C=CC[C@H]1[C@@H](O[Si](C)(C)C(C)(C)C)CC2(OCCO2)[C@@H]1COC(C)=O. The van der Waals surface area contributed by atoms with Crippen LogP contribution < -0.4 is 0 Å². The number of esters is 1. The highest BCUT2D eigenvalue weighted by atomic mass is 28.4. The van der Waals surface area contributed by atoms with Gasteiger partial charge in [-0.25, -0.2) is 0 Å². The molecule has 0 aromatic rings.